The van der Waals surface area contributed by atoms with Crippen LogP contribution in [0.1, 0.15) is 43.0 Å². The van der Waals surface area contributed by atoms with Crippen molar-refractivity contribution in [3.8, 4) is 11.1 Å². The lowest BCUT2D eigenvalue weighted by Gasteiger charge is -2.24. The van der Waals surface area contributed by atoms with Gasteiger partial charge in [0.2, 0.25) is 0 Å². The van der Waals surface area contributed by atoms with E-state index < -0.39 is 0 Å². The van der Waals surface area contributed by atoms with E-state index in [9.17, 15) is 0 Å². The first-order chi connectivity index (χ1) is 15.8. The van der Waals surface area contributed by atoms with Crippen LogP contribution in [0.4, 0.5) is 0 Å². The van der Waals surface area contributed by atoms with Gasteiger partial charge < -0.3 is 0 Å². The molecule has 0 radical (unpaired) electrons. The van der Waals surface area contributed by atoms with E-state index in [1.54, 1.807) is 0 Å². The van der Waals surface area contributed by atoms with Crippen LogP contribution >= 0.6 is 0 Å². The molecule has 0 heterocycles. The minimum atomic E-state index is -0.0477. The molecule has 1 aliphatic rings. The van der Waals surface area contributed by atoms with Crippen molar-refractivity contribution in [2.45, 2.75) is 33.1 Å². The first kappa shape index (κ1) is 24.0. The topological polar surface area (TPSA) is 0 Å². The van der Waals surface area contributed by atoms with Gasteiger partial charge in [0, 0.05) is 5.41 Å². The first-order valence-corrected chi connectivity index (χ1v) is 11.4. The molecule has 4 rings (SSSR count). The van der Waals surface area contributed by atoms with Crippen LogP contribution in [0, 0.1) is 6.92 Å². The van der Waals surface area contributed by atoms with E-state index in [2.05, 4.69) is 126 Å². The Bertz CT molecular complexity index is 1210. The van der Waals surface area contributed by atoms with Gasteiger partial charge in [-0.3, -0.25) is 0 Å². The van der Waals surface area contributed by atoms with Crippen molar-refractivity contribution in [2.24, 2.45) is 0 Å². The summed E-state index contributed by atoms with van der Waals surface area (Å²) >= 11 is 0. The molecule has 0 unspecified atom stereocenters. The van der Waals surface area contributed by atoms with Crippen molar-refractivity contribution in [3.05, 3.63) is 145 Å². The van der Waals surface area contributed by atoms with Gasteiger partial charge in [-0.2, -0.15) is 0 Å². The number of benzene rings is 3. The molecule has 0 aromatic heterocycles. The van der Waals surface area contributed by atoms with Gasteiger partial charge in [0.25, 0.3) is 0 Å². The Balaban J connectivity index is 0.000000203. The second-order valence-corrected chi connectivity index (χ2v) is 8.83. The maximum Gasteiger partial charge on any atom is 0.0164 e. The van der Waals surface area contributed by atoms with Crippen molar-refractivity contribution >= 4 is 11.1 Å². The molecule has 0 saturated heterocycles. The lowest BCUT2D eigenvalue weighted by Crippen LogP contribution is -2.17. The molecule has 33 heavy (non-hydrogen) atoms. The normalized spacial score (nSPS) is 16.0. The van der Waals surface area contributed by atoms with Gasteiger partial charge in [0.15, 0.2) is 0 Å². The number of rotatable bonds is 4. The highest BCUT2D eigenvalue weighted by Crippen LogP contribution is 2.51. The summed E-state index contributed by atoms with van der Waals surface area (Å²) in [4.78, 5) is 0. The number of allylic oxidation sites excluding steroid dienone is 7. The molecule has 0 aliphatic heterocycles. The van der Waals surface area contributed by atoms with Crippen LogP contribution in [-0.4, -0.2) is 0 Å². The predicted octanol–water partition coefficient (Wildman–Crippen LogP) is 9.35. The van der Waals surface area contributed by atoms with Crippen LogP contribution in [0.15, 0.2) is 122 Å². The maximum absolute atomic E-state index is 4.13. The zero-order valence-electron chi connectivity index (χ0n) is 20.4. The Hall–Kier alpha value is -3.64. The third-order valence-electron chi connectivity index (χ3n) is 6.27. The zero-order valence-corrected chi connectivity index (χ0v) is 20.4. The second-order valence-electron chi connectivity index (χ2n) is 8.83. The molecule has 0 bridgehead atoms. The Kier molecular flexibility index (Phi) is 7.51. The molecular formula is C33H34. The summed E-state index contributed by atoms with van der Waals surface area (Å²) in [5, 5.41) is 0. The Morgan fingerprint density at radius 2 is 1.45 bits per heavy atom. The third-order valence-corrected chi connectivity index (χ3v) is 6.27. The summed E-state index contributed by atoms with van der Waals surface area (Å²) in [5.74, 6) is 0. The minimum absolute atomic E-state index is 0.0477. The average Bonchev–Trinajstić information content (AvgIpc) is 3.06. The standard InChI is InChI=1S/C20H22.C13H12/c1-7-11-18-15(9-3)17-13-10-12-16(14(4)8-2)19(17)20(18,5)6;1-11-7-9-13(10-8-11)12-5-3-2-4-6-12/h7-13H,1-2,4H2,3,5-6H3;2-10H,1H3/b15-9-,18-11+;. The quantitative estimate of drug-likeness (QED) is 0.362. The van der Waals surface area contributed by atoms with E-state index >= 15 is 0 Å². The molecule has 0 N–H and O–H groups in total. The van der Waals surface area contributed by atoms with E-state index in [-0.39, 0.29) is 5.41 Å². The largest absolute Gasteiger partial charge is 0.0991 e. The van der Waals surface area contributed by atoms with E-state index in [1.807, 2.05) is 18.2 Å². The molecule has 0 heteroatoms. The van der Waals surface area contributed by atoms with Crippen molar-refractivity contribution in [1.29, 1.82) is 0 Å². The van der Waals surface area contributed by atoms with E-state index in [1.165, 1.54) is 44.5 Å². The Labute approximate surface area is 200 Å². The summed E-state index contributed by atoms with van der Waals surface area (Å²) in [5.41, 5.74) is 11.2. The lowest BCUT2D eigenvalue weighted by molar-refractivity contribution is 0.659. The fraction of sp³-hybridized carbons (Fsp3) is 0.152. The number of hydrogen-bond acceptors (Lipinski definition) is 0. The molecule has 0 spiro atoms. The fourth-order valence-electron chi connectivity index (χ4n) is 4.55. The SMILES string of the molecule is C=C/C=C1\C(=C/C)c2cccc(C(=C)C=C)c2C1(C)C.Cc1ccc(-c2ccccc2)cc1. The molecular weight excluding hydrogens is 396 g/mol. The molecule has 166 valence electrons. The summed E-state index contributed by atoms with van der Waals surface area (Å²) < 4.78 is 0. The van der Waals surface area contributed by atoms with Gasteiger partial charge >= 0.3 is 0 Å². The van der Waals surface area contributed by atoms with Crippen LogP contribution in [0.5, 0.6) is 0 Å². The maximum atomic E-state index is 4.13. The minimum Gasteiger partial charge on any atom is -0.0991 e. The van der Waals surface area contributed by atoms with Gasteiger partial charge in [-0.05, 0) is 58.4 Å². The van der Waals surface area contributed by atoms with Crippen LogP contribution in [0.25, 0.3) is 22.3 Å². The Morgan fingerprint density at radius 3 is 2.03 bits per heavy atom. The van der Waals surface area contributed by atoms with Gasteiger partial charge in [0.1, 0.15) is 0 Å². The van der Waals surface area contributed by atoms with E-state index in [0.717, 1.165) is 5.57 Å². The lowest BCUT2D eigenvalue weighted by atomic mass is 9.79. The molecule has 0 saturated carbocycles. The molecule has 0 amide bonds. The van der Waals surface area contributed by atoms with Gasteiger partial charge in [-0.15, -0.1) is 0 Å². The average molecular weight is 431 g/mol. The Morgan fingerprint density at radius 1 is 0.818 bits per heavy atom. The summed E-state index contributed by atoms with van der Waals surface area (Å²) in [6.45, 7) is 20.6. The highest BCUT2D eigenvalue weighted by atomic mass is 14.4. The summed E-state index contributed by atoms with van der Waals surface area (Å²) in [6.07, 6.45) is 8.00. The van der Waals surface area contributed by atoms with Gasteiger partial charge in [0.05, 0.1) is 0 Å². The van der Waals surface area contributed by atoms with Crippen molar-refractivity contribution in [1.82, 2.24) is 0 Å². The predicted molar refractivity (Wildman–Crippen MR) is 147 cm³/mol. The fourth-order valence-corrected chi connectivity index (χ4v) is 4.55. The third kappa shape index (κ3) is 4.91. The highest BCUT2D eigenvalue weighted by Gasteiger charge is 2.39. The van der Waals surface area contributed by atoms with E-state index in [4.69, 9.17) is 0 Å². The number of fused-ring (bicyclic) bond motifs is 1. The number of aryl methyl sites for hydroxylation is 1. The zero-order chi connectivity index (χ0) is 24.0. The molecule has 0 atom stereocenters. The molecule has 3 aromatic rings. The molecule has 1 aliphatic carbocycles. The summed E-state index contributed by atoms with van der Waals surface area (Å²) in [6, 6.07) is 25.4. The smallest absolute Gasteiger partial charge is 0.0164 e. The second kappa shape index (κ2) is 10.3. The van der Waals surface area contributed by atoms with Crippen molar-refractivity contribution < 1.29 is 0 Å². The van der Waals surface area contributed by atoms with Crippen LogP contribution in [0.2, 0.25) is 0 Å². The molecule has 3 aromatic carbocycles. The van der Waals surface area contributed by atoms with Gasteiger partial charge in [-0.25, -0.2) is 0 Å². The monoisotopic (exact) mass is 430 g/mol. The first-order valence-electron chi connectivity index (χ1n) is 11.4. The van der Waals surface area contributed by atoms with E-state index in [0.29, 0.717) is 0 Å². The van der Waals surface area contributed by atoms with Crippen LogP contribution in [0.3, 0.4) is 0 Å². The summed E-state index contributed by atoms with van der Waals surface area (Å²) in [7, 11) is 0. The van der Waals surface area contributed by atoms with Crippen molar-refractivity contribution in [2.75, 3.05) is 0 Å². The number of hydrogen-bond donors (Lipinski definition) is 0. The van der Waals surface area contributed by atoms with Gasteiger partial charge in [-0.1, -0.05) is 136 Å². The highest BCUT2D eigenvalue weighted by molar-refractivity contribution is 5.93. The van der Waals surface area contributed by atoms with Crippen LogP contribution in [-0.2, 0) is 5.41 Å². The van der Waals surface area contributed by atoms with Crippen LogP contribution < -0.4 is 0 Å². The van der Waals surface area contributed by atoms with Crippen molar-refractivity contribution in [3.63, 3.8) is 0 Å². The molecule has 0 nitrogen and oxygen atoms in total. The molecule has 0 fully saturated rings.